The molecule has 13 aromatic rings. The fourth-order valence-electron chi connectivity index (χ4n) is 10.6. The Kier molecular flexibility index (Phi) is 9.54. The minimum absolute atomic E-state index is 1.07. The van der Waals surface area contributed by atoms with Crippen molar-refractivity contribution in [2.24, 2.45) is 0 Å². The van der Waals surface area contributed by atoms with Crippen LogP contribution in [0, 0.1) is 0 Å². The Balaban J connectivity index is 1.04. The Morgan fingerprint density at radius 2 is 0.779 bits per heavy atom. The smallest absolute Gasteiger partial charge is 0.0625 e. The number of nitrogens with zero attached hydrogens (tertiary/aromatic N) is 2. The van der Waals surface area contributed by atoms with Gasteiger partial charge in [-0.1, -0.05) is 194 Å². The van der Waals surface area contributed by atoms with Crippen molar-refractivity contribution in [3.8, 4) is 50.2 Å². The topological polar surface area (TPSA) is 8.17 Å². The Labute approximate surface area is 395 Å². The van der Waals surface area contributed by atoms with Crippen molar-refractivity contribution in [3.05, 3.63) is 267 Å². The molecule has 0 spiro atoms. The highest BCUT2D eigenvalue weighted by Gasteiger charge is 2.22. The first-order chi connectivity index (χ1) is 33.7. The van der Waals surface area contributed by atoms with Crippen LogP contribution in [0.15, 0.2) is 267 Å². The van der Waals surface area contributed by atoms with Crippen LogP contribution < -0.4 is 4.90 Å². The van der Waals surface area contributed by atoms with E-state index in [9.17, 15) is 0 Å². The number of rotatable bonds is 8. The van der Waals surface area contributed by atoms with E-state index in [1.165, 1.54) is 81.9 Å². The van der Waals surface area contributed by atoms with Gasteiger partial charge in [0.1, 0.15) is 0 Å². The van der Waals surface area contributed by atoms with Crippen molar-refractivity contribution in [2.45, 2.75) is 0 Å². The first-order valence-electron chi connectivity index (χ1n) is 23.4. The average molecular weight is 865 g/mol. The third kappa shape index (κ3) is 6.73. The minimum atomic E-state index is 1.07. The Bertz CT molecular complexity index is 3940. The van der Waals surface area contributed by atoms with E-state index in [0.717, 1.165) is 39.4 Å². The summed E-state index contributed by atoms with van der Waals surface area (Å²) in [5, 5.41) is 9.95. The minimum Gasteiger partial charge on any atom is -0.310 e. The lowest BCUT2D eigenvalue weighted by molar-refractivity contribution is 1.19. The SMILES string of the molecule is c1ccc(-c2cc(-c3ccccc3)cc(N(c3ccc(-c4cc5ccccc5c5ccccc45)cc3)c3cccc(-c4cc5ccccc5c5c4c4ccccc4n5-c4ccccc4)c3)c2)cc1. The van der Waals surface area contributed by atoms with Gasteiger partial charge in [-0.25, -0.2) is 0 Å². The molecule has 0 bridgehead atoms. The second-order valence-corrected chi connectivity index (χ2v) is 17.7. The zero-order valence-corrected chi connectivity index (χ0v) is 37.3. The van der Waals surface area contributed by atoms with Gasteiger partial charge in [-0.2, -0.15) is 0 Å². The largest absolute Gasteiger partial charge is 0.310 e. The monoisotopic (exact) mass is 864 g/mol. The van der Waals surface area contributed by atoms with E-state index >= 15 is 0 Å². The molecule has 318 valence electrons. The van der Waals surface area contributed by atoms with Crippen molar-refractivity contribution in [2.75, 3.05) is 4.90 Å². The molecule has 2 nitrogen and oxygen atoms in total. The van der Waals surface area contributed by atoms with Gasteiger partial charge >= 0.3 is 0 Å². The number of hydrogen-bond acceptors (Lipinski definition) is 1. The fraction of sp³-hybridized carbons (Fsp3) is 0. The highest BCUT2D eigenvalue weighted by Crippen LogP contribution is 2.46. The number of benzene rings is 12. The molecule has 0 unspecified atom stereocenters. The molecule has 0 radical (unpaired) electrons. The summed E-state index contributed by atoms with van der Waals surface area (Å²) in [5.74, 6) is 0. The molecule has 0 saturated heterocycles. The summed E-state index contributed by atoms with van der Waals surface area (Å²) in [5.41, 5.74) is 16.2. The number of para-hydroxylation sites is 2. The molecule has 13 rings (SSSR count). The summed E-state index contributed by atoms with van der Waals surface area (Å²) in [7, 11) is 0. The van der Waals surface area contributed by atoms with E-state index in [0.29, 0.717) is 0 Å². The van der Waals surface area contributed by atoms with Gasteiger partial charge in [0.05, 0.1) is 11.0 Å². The molecule has 68 heavy (non-hydrogen) atoms. The van der Waals surface area contributed by atoms with E-state index in [1.807, 2.05) is 0 Å². The van der Waals surface area contributed by atoms with Gasteiger partial charge in [0, 0.05) is 38.9 Å². The van der Waals surface area contributed by atoms with Crippen molar-refractivity contribution >= 4 is 71.2 Å². The maximum Gasteiger partial charge on any atom is 0.0625 e. The Hall–Kier alpha value is -8.98. The lowest BCUT2D eigenvalue weighted by Gasteiger charge is -2.28. The molecule has 0 N–H and O–H groups in total. The fourth-order valence-corrected chi connectivity index (χ4v) is 10.6. The molecule has 0 amide bonds. The number of aromatic nitrogens is 1. The quantitative estimate of drug-likeness (QED) is 0.138. The molecule has 0 saturated carbocycles. The number of fused-ring (bicyclic) bond motifs is 8. The van der Waals surface area contributed by atoms with Crippen LogP contribution in [0.4, 0.5) is 17.1 Å². The summed E-state index contributed by atoms with van der Waals surface area (Å²) in [6, 6.07) is 97.6. The molecule has 1 heterocycles. The maximum atomic E-state index is 2.45. The lowest BCUT2D eigenvalue weighted by Crippen LogP contribution is -2.10. The molecular weight excluding hydrogens is 821 g/mol. The van der Waals surface area contributed by atoms with Crippen molar-refractivity contribution in [1.82, 2.24) is 4.57 Å². The molecule has 0 atom stereocenters. The molecule has 1 aromatic heterocycles. The highest BCUT2D eigenvalue weighted by molar-refractivity contribution is 6.24. The molecule has 12 aromatic carbocycles. The number of hydrogen-bond donors (Lipinski definition) is 0. The van der Waals surface area contributed by atoms with Crippen LogP contribution in [0.1, 0.15) is 0 Å². The molecule has 0 aliphatic rings. The van der Waals surface area contributed by atoms with Crippen molar-refractivity contribution in [1.29, 1.82) is 0 Å². The third-order valence-corrected chi connectivity index (χ3v) is 13.7. The summed E-state index contributed by atoms with van der Waals surface area (Å²) >= 11 is 0. The van der Waals surface area contributed by atoms with Crippen LogP contribution in [0.25, 0.3) is 104 Å². The first kappa shape index (κ1) is 39.4. The molecule has 0 aliphatic heterocycles. The molecule has 2 heteroatoms. The van der Waals surface area contributed by atoms with E-state index in [2.05, 4.69) is 276 Å². The third-order valence-electron chi connectivity index (χ3n) is 13.7. The van der Waals surface area contributed by atoms with Crippen LogP contribution in [0.3, 0.4) is 0 Å². The second-order valence-electron chi connectivity index (χ2n) is 17.7. The first-order valence-corrected chi connectivity index (χ1v) is 23.4. The zero-order chi connectivity index (χ0) is 45.0. The van der Waals surface area contributed by atoms with Crippen LogP contribution in [0.5, 0.6) is 0 Å². The van der Waals surface area contributed by atoms with E-state index in [1.54, 1.807) is 0 Å². The van der Waals surface area contributed by atoms with Crippen LogP contribution in [-0.2, 0) is 0 Å². The summed E-state index contributed by atoms with van der Waals surface area (Å²) in [4.78, 5) is 2.44. The lowest BCUT2D eigenvalue weighted by atomic mass is 9.93. The summed E-state index contributed by atoms with van der Waals surface area (Å²) < 4.78 is 2.45. The standard InChI is InChI=1S/C66H44N2/c1-4-19-45(20-5-1)51-39-52(46-21-6-2-7-22-46)42-56(41-51)67(54-37-35-47(36-38-54)62-43-49-23-10-12-29-57(49)59-31-14-15-32-60(59)62)55-28-18-25-48(40-55)63-44-50-24-11-13-30-58(50)66-65(63)61-33-16-17-34-64(61)68(66)53-26-8-3-9-27-53/h1-44H. The van der Waals surface area contributed by atoms with Crippen molar-refractivity contribution in [3.63, 3.8) is 0 Å². The van der Waals surface area contributed by atoms with Gasteiger partial charge in [-0.15, -0.1) is 0 Å². The van der Waals surface area contributed by atoms with Gasteiger partial charge in [-0.3, -0.25) is 0 Å². The average Bonchev–Trinajstić information content (AvgIpc) is 3.77. The van der Waals surface area contributed by atoms with Gasteiger partial charge in [-0.05, 0) is 144 Å². The van der Waals surface area contributed by atoms with Crippen LogP contribution >= 0.6 is 0 Å². The van der Waals surface area contributed by atoms with Crippen molar-refractivity contribution < 1.29 is 0 Å². The summed E-state index contributed by atoms with van der Waals surface area (Å²) in [6.45, 7) is 0. The second kappa shape index (κ2) is 16.5. The summed E-state index contributed by atoms with van der Waals surface area (Å²) in [6.07, 6.45) is 0. The number of anilines is 3. The highest BCUT2D eigenvalue weighted by atomic mass is 15.1. The van der Waals surface area contributed by atoms with Gasteiger partial charge in [0.25, 0.3) is 0 Å². The normalized spacial score (nSPS) is 11.5. The van der Waals surface area contributed by atoms with Gasteiger partial charge < -0.3 is 9.47 Å². The van der Waals surface area contributed by atoms with Crippen LogP contribution in [-0.4, -0.2) is 4.57 Å². The Morgan fingerprint density at radius 1 is 0.265 bits per heavy atom. The molecule has 0 aliphatic carbocycles. The van der Waals surface area contributed by atoms with E-state index in [4.69, 9.17) is 0 Å². The van der Waals surface area contributed by atoms with Crippen LogP contribution in [0.2, 0.25) is 0 Å². The predicted octanol–water partition coefficient (Wildman–Crippen LogP) is 18.4. The van der Waals surface area contributed by atoms with E-state index < -0.39 is 0 Å². The van der Waals surface area contributed by atoms with Gasteiger partial charge in [0.15, 0.2) is 0 Å². The maximum absolute atomic E-state index is 2.45. The molecule has 0 fully saturated rings. The zero-order valence-electron chi connectivity index (χ0n) is 37.3. The van der Waals surface area contributed by atoms with E-state index in [-0.39, 0.29) is 0 Å². The van der Waals surface area contributed by atoms with Gasteiger partial charge in [0.2, 0.25) is 0 Å². The molecular formula is C66H44N2. The predicted molar refractivity (Wildman–Crippen MR) is 290 cm³/mol. The Morgan fingerprint density at radius 3 is 1.47 bits per heavy atom.